The van der Waals surface area contributed by atoms with Gasteiger partial charge in [0.25, 0.3) is 5.56 Å². The molecule has 0 radical (unpaired) electrons. The first-order valence-corrected chi connectivity index (χ1v) is 10.5. The van der Waals surface area contributed by atoms with Crippen molar-refractivity contribution in [3.05, 3.63) is 74.8 Å². The second-order valence-electron chi connectivity index (χ2n) is 6.42. The maximum absolute atomic E-state index is 13.3. The lowest BCUT2D eigenvalue weighted by molar-refractivity contribution is -0.113. The van der Waals surface area contributed by atoms with Gasteiger partial charge in [-0.25, -0.2) is 4.39 Å². The summed E-state index contributed by atoms with van der Waals surface area (Å²) < 4.78 is 14.6. The topological polar surface area (TPSA) is 84.2 Å². The number of carbonyl (C=O) groups excluding carboxylic acids is 1. The smallest absolute Gasteiger partial charge is 0.265 e. The monoisotopic (exact) mass is 447 g/mol. The summed E-state index contributed by atoms with van der Waals surface area (Å²) >= 11 is 7.06. The number of halogens is 2. The normalized spacial score (nSPS) is 10.8. The second-order valence-corrected chi connectivity index (χ2v) is 7.77. The molecule has 1 heterocycles. The maximum atomic E-state index is 13.3. The number of anilines is 1. The van der Waals surface area contributed by atoms with Gasteiger partial charge in [0.15, 0.2) is 5.16 Å². The van der Waals surface area contributed by atoms with Crippen LogP contribution in [0.5, 0.6) is 5.88 Å². The number of aromatic nitrogens is 2. The molecule has 0 unspecified atom stereocenters. The molecule has 0 saturated carbocycles. The summed E-state index contributed by atoms with van der Waals surface area (Å²) in [7, 11) is 0. The number of hydrogen-bond acceptors (Lipinski definition) is 5. The van der Waals surface area contributed by atoms with Gasteiger partial charge in [-0.2, -0.15) is 4.98 Å². The quantitative estimate of drug-likeness (QED) is 0.434. The highest BCUT2D eigenvalue weighted by Crippen LogP contribution is 2.25. The van der Waals surface area contributed by atoms with Gasteiger partial charge in [-0.05, 0) is 55.3 Å². The van der Waals surface area contributed by atoms with E-state index in [1.54, 1.807) is 32.0 Å². The highest BCUT2D eigenvalue weighted by atomic mass is 35.5. The highest BCUT2D eigenvalue weighted by Gasteiger charge is 2.18. The summed E-state index contributed by atoms with van der Waals surface area (Å²) in [4.78, 5) is 29.4. The lowest BCUT2D eigenvalue weighted by Crippen LogP contribution is -2.25. The third-order valence-electron chi connectivity index (χ3n) is 4.44. The van der Waals surface area contributed by atoms with Gasteiger partial charge in [-0.15, -0.1) is 0 Å². The largest absolute Gasteiger partial charge is 0.493 e. The summed E-state index contributed by atoms with van der Waals surface area (Å²) in [5.41, 5.74) is 1.38. The Kier molecular flexibility index (Phi) is 6.79. The minimum absolute atomic E-state index is 0.0650. The molecule has 3 aromatic rings. The van der Waals surface area contributed by atoms with Crippen molar-refractivity contribution in [2.75, 3.05) is 11.1 Å². The van der Waals surface area contributed by atoms with Gasteiger partial charge in [0.2, 0.25) is 11.8 Å². The minimum atomic E-state index is -0.467. The number of benzene rings is 2. The van der Waals surface area contributed by atoms with E-state index in [1.807, 2.05) is 0 Å². The number of rotatable bonds is 6. The number of nitrogens with zero attached hydrogens (tertiary/aromatic N) is 2. The van der Waals surface area contributed by atoms with Crippen LogP contribution in [0, 0.1) is 12.7 Å². The Labute approximate surface area is 181 Å². The summed E-state index contributed by atoms with van der Waals surface area (Å²) in [5, 5.41) is 13.6. The summed E-state index contributed by atoms with van der Waals surface area (Å²) in [6, 6.07) is 10.5. The van der Waals surface area contributed by atoms with Crippen LogP contribution in [0.2, 0.25) is 5.02 Å². The number of amides is 1. The van der Waals surface area contributed by atoms with E-state index in [4.69, 9.17) is 11.6 Å². The molecule has 0 aliphatic heterocycles. The van der Waals surface area contributed by atoms with Crippen LogP contribution < -0.4 is 10.9 Å². The van der Waals surface area contributed by atoms with E-state index in [-0.39, 0.29) is 34.7 Å². The zero-order valence-electron chi connectivity index (χ0n) is 16.3. The van der Waals surface area contributed by atoms with Crippen LogP contribution in [0.1, 0.15) is 18.1 Å². The Morgan fingerprint density at radius 2 is 1.97 bits per heavy atom. The molecule has 6 nitrogen and oxygen atoms in total. The highest BCUT2D eigenvalue weighted by molar-refractivity contribution is 7.99. The molecule has 2 aromatic carbocycles. The van der Waals surface area contributed by atoms with E-state index in [2.05, 4.69) is 10.3 Å². The van der Waals surface area contributed by atoms with E-state index in [0.29, 0.717) is 16.4 Å². The van der Waals surface area contributed by atoms with Crippen LogP contribution in [-0.2, 0) is 11.2 Å². The molecule has 0 saturated heterocycles. The number of thioether (sulfide) groups is 1. The Bertz CT molecular complexity index is 1150. The summed E-state index contributed by atoms with van der Waals surface area (Å²) in [6.45, 7) is 3.51. The fourth-order valence-corrected chi connectivity index (χ4v) is 3.78. The van der Waals surface area contributed by atoms with Gasteiger partial charge < -0.3 is 10.4 Å². The Hall–Kier alpha value is -2.84. The van der Waals surface area contributed by atoms with Crippen molar-refractivity contribution < 1.29 is 14.3 Å². The average molecular weight is 448 g/mol. The van der Waals surface area contributed by atoms with Crippen LogP contribution in [0.25, 0.3) is 5.69 Å². The molecule has 156 valence electrons. The third kappa shape index (κ3) is 4.66. The van der Waals surface area contributed by atoms with Gasteiger partial charge in [0.1, 0.15) is 5.82 Å². The van der Waals surface area contributed by atoms with Gasteiger partial charge >= 0.3 is 0 Å². The second kappa shape index (κ2) is 9.32. The Morgan fingerprint density at radius 1 is 1.27 bits per heavy atom. The molecule has 1 aromatic heterocycles. The molecule has 0 bridgehead atoms. The van der Waals surface area contributed by atoms with E-state index < -0.39 is 11.4 Å². The van der Waals surface area contributed by atoms with Crippen molar-refractivity contribution in [1.82, 2.24) is 9.55 Å². The molecule has 30 heavy (non-hydrogen) atoms. The Balaban J connectivity index is 1.89. The zero-order chi connectivity index (χ0) is 21.8. The van der Waals surface area contributed by atoms with E-state index >= 15 is 0 Å². The first kappa shape index (κ1) is 21.9. The molecular weight excluding hydrogens is 429 g/mol. The van der Waals surface area contributed by atoms with Crippen LogP contribution >= 0.6 is 23.4 Å². The molecule has 1 amide bonds. The Morgan fingerprint density at radius 3 is 2.63 bits per heavy atom. The van der Waals surface area contributed by atoms with Crippen molar-refractivity contribution >= 4 is 35.0 Å². The van der Waals surface area contributed by atoms with Gasteiger partial charge in [-0.1, -0.05) is 36.4 Å². The van der Waals surface area contributed by atoms with Crippen molar-refractivity contribution in [2.45, 2.75) is 25.4 Å². The molecule has 0 spiro atoms. The lowest BCUT2D eigenvalue weighted by atomic mass is 10.2. The summed E-state index contributed by atoms with van der Waals surface area (Å²) in [6.07, 6.45) is 0.276. The standard InChI is InChI=1S/C21H19ClFN3O3S/c1-3-15-19(28)25-21(26(20(15)29)14-9-7-13(23)8-10-14)30-11-18(27)24-17-6-4-5-16(22)12(17)2/h4-10,28H,3,11H2,1-2H3,(H,24,27). The van der Waals surface area contributed by atoms with Crippen LogP contribution in [0.3, 0.4) is 0 Å². The zero-order valence-corrected chi connectivity index (χ0v) is 17.9. The minimum Gasteiger partial charge on any atom is -0.493 e. The molecule has 0 aliphatic carbocycles. The number of aromatic hydroxyl groups is 1. The molecule has 3 rings (SSSR count). The van der Waals surface area contributed by atoms with Crippen LogP contribution in [0.15, 0.2) is 52.4 Å². The predicted molar refractivity (Wildman–Crippen MR) is 116 cm³/mol. The van der Waals surface area contributed by atoms with E-state index in [9.17, 15) is 19.1 Å². The number of hydrogen-bond donors (Lipinski definition) is 2. The van der Waals surface area contributed by atoms with Crippen LogP contribution in [0.4, 0.5) is 10.1 Å². The number of nitrogens with one attached hydrogen (secondary N) is 1. The molecular formula is C21H19ClFN3O3S. The first-order valence-electron chi connectivity index (χ1n) is 9.10. The molecule has 0 atom stereocenters. The number of carbonyl (C=O) groups is 1. The van der Waals surface area contributed by atoms with Crippen molar-refractivity contribution in [3.63, 3.8) is 0 Å². The van der Waals surface area contributed by atoms with Crippen molar-refractivity contribution in [1.29, 1.82) is 0 Å². The van der Waals surface area contributed by atoms with E-state index in [0.717, 1.165) is 17.3 Å². The SMILES string of the molecule is CCc1c(O)nc(SCC(=O)Nc2cccc(Cl)c2C)n(-c2ccc(F)cc2)c1=O. The van der Waals surface area contributed by atoms with Crippen molar-refractivity contribution in [2.24, 2.45) is 0 Å². The van der Waals surface area contributed by atoms with Crippen LogP contribution in [-0.4, -0.2) is 26.3 Å². The molecule has 2 N–H and O–H groups in total. The fraction of sp³-hybridized carbons (Fsp3) is 0.190. The molecule has 0 aliphatic rings. The van der Waals surface area contributed by atoms with Gasteiger partial charge in [0, 0.05) is 10.7 Å². The average Bonchev–Trinajstić information content (AvgIpc) is 2.71. The van der Waals surface area contributed by atoms with E-state index in [1.165, 1.54) is 28.8 Å². The fourth-order valence-electron chi connectivity index (χ4n) is 2.81. The predicted octanol–water partition coefficient (Wildman–Crippen LogP) is 4.33. The maximum Gasteiger partial charge on any atom is 0.265 e. The summed E-state index contributed by atoms with van der Waals surface area (Å²) in [5.74, 6) is -1.22. The molecule has 0 fully saturated rings. The first-order chi connectivity index (χ1) is 14.3. The van der Waals surface area contributed by atoms with Crippen molar-refractivity contribution in [3.8, 4) is 11.6 Å². The third-order valence-corrected chi connectivity index (χ3v) is 5.78. The lowest BCUT2D eigenvalue weighted by Gasteiger charge is -2.14. The van der Waals surface area contributed by atoms with Gasteiger partial charge in [0.05, 0.1) is 17.0 Å². The molecule has 9 heteroatoms. The van der Waals surface area contributed by atoms with Gasteiger partial charge in [-0.3, -0.25) is 14.2 Å².